The third kappa shape index (κ3) is 55.3. The van der Waals surface area contributed by atoms with Crippen LogP contribution in [0.25, 0.3) is 0 Å². The summed E-state index contributed by atoms with van der Waals surface area (Å²) in [6.45, 7) is 0. The van der Waals surface area contributed by atoms with Gasteiger partial charge in [-0.2, -0.15) is 0 Å². The van der Waals surface area contributed by atoms with Gasteiger partial charge in [-0.3, -0.25) is 0 Å². The molecule has 0 saturated heterocycles. The third-order valence-corrected chi connectivity index (χ3v) is 11.0. The standard InChI is InChI=1S/C4H12Ge2O.2C2H6Ge/c1-5(2)7-6(3)4;2*1-3-2/h1-4H3;2*1-2H3. The fraction of sp³-hybridized carbons (Fsp3) is 1.00. The van der Waals surface area contributed by atoms with Crippen molar-refractivity contribution < 1.29 is 2.79 Å². The quantitative estimate of drug-likeness (QED) is 0.617. The molecule has 0 aliphatic heterocycles. The van der Waals surface area contributed by atoms with Crippen molar-refractivity contribution in [3.05, 3.63) is 0 Å². The minimum absolute atomic E-state index is 0.500. The van der Waals surface area contributed by atoms with Crippen LogP contribution < -0.4 is 0 Å². The van der Waals surface area contributed by atoms with Gasteiger partial charge in [0.15, 0.2) is 0 Å². The Bertz CT molecular complexity index is 61.2. The summed E-state index contributed by atoms with van der Waals surface area (Å²) in [5, 5.41) is 0. The van der Waals surface area contributed by atoms with E-state index in [-0.39, 0.29) is 0 Å². The van der Waals surface area contributed by atoms with E-state index in [0.717, 1.165) is 0 Å². The second kappa shape index (κ2) is 19.7. The van der Waals surface area contributed by atoms with Crippen LogP contribution in [0.3, 0.4) is 0 Å². The summed E-state index contributed by atoms with van der Waals surface area (Å²) in [7, 11) is 0. The summed E-state index contributed by atoms with van der Waals surface area (Å²) in [4.78, 5) is 0. The monoisotopic (exact) mass is 432 g/mol. The van der Waals surface area contributed by atoms with Crippen LogP contribution >= 0.6 is 0 Å². The zero-order valence-electron chi connectivity index (χ0n) is 10.4. The van der Waals surface area contributed by atoms with E-state index in [9.17, 15) is 0 Å². The predicted octanol–water partition coefficient (Wildman–Crippen LogP) is 3.08. The average molecular weight is 427 g/mol. The van der Waals surface area contributed by atoms with Gasteiger partial charge in [0.25, 0.3) is 0 Å². The summed E-state index contributed by atoms with van der Waals surface area (Å²) in [5.74, 6) is 18.0. The summed E-state index contributed by atoms with van der Waals surface area (Å²) in [6.07, 6.45) is 0. The van der Waals surface area contributed by atoms with Crippen molar-refractivity contribution in [2.24, 2.45) is 0 Å². The average Bonchev–Trinajstić information content (AvgIpc) is 1.86. The van der Waals surface area contributed by atoms with Crippen molar-refractivity contribution in [3.63, 3.8) is 0 Å². The minimum atomic E-state index is -0.875. The van der Waals surface area contributed by atoms with E-state index in [1.807, 2.05) is 0 Å². The molecule has 0 N–H and O–H groups in total. The first kappa shape index (κ1) is 20.5. The Hall–Kier alpha value is 2.13. The summed E-state index contributed by atoms with van der Waals surface area (Å²) < 4.78 is 5.58. The van der Waals surface area contributed by atoms with Crippen LogP contribution in [-0.4, -0.2) is 60.2 Å². The van der Waals surface area contributed by atoms with E-state index in [1.54, 1.807) is 0 Å². The zero-order valence-corrected chi connectivity index (χ0v) is 18.8. The molecule has 78 valence electrons. The molecule has 0 aliphatic carbocycles. The molecule has 0 saturated carbocycles. The molecule has 0 aromatic rings. The molecule has 0 amide bonds. The first-order valence-electron chi connectivity index (χ1n) is 4.41. The molecule has 0 spiro atoms. The normalized spacial score (nSPS) is 8.77. The van der Waals surface area contributed by atoms with Crippen LogP contribution in [0.1, 0.15) is 0 Å². The molecule has 5 heteroatoms. The van der Waals surface area contributed by atoms with E-state index in [4.69, 9.17) is 2.79 Å². The molecule has 0 atom stereocenters. The summed E-state index contributed by atoms with van der Waals surface area (Å²) in [5.41, 5.74) is 0. The molecule has 0 aliphatic rings. The van der Waals surface area contributed by atoms with Gasteiger partial charge in [0, 0.05) is 0 Å². The maximum atomic E-state index is 5.58. The summed E-state index contributed by atoms with van der Waals surface area (Å²) in [6, 6.07) is 0. The van der Waals surface area contributed by atoms with Gasteiger partial charge in [-0.15, -0.1) is 0 Å². The van der Waals surface area contributed by atoms with E-state index < -0.39 is 29.4 Å². The second-order valence-electron chi connectivity index (χ2n) is 2.92. The molecular weight excluding hydrogens is 403 g/mol. The molecule has 0 aromatic carbocycles. The number of rotatable bonds is 2. The van der Waals surface area contributed by atoms with E-state index in [2.05, 4.69) is 46.0 Å². The topological polar surface area (TPSA) is 9.23 Å². The third-order valence-electron chi connectivity index (χ3n) is 0.408. The molecule has 0 heterocycles. The zero-order chi connectivity index (χ0) is 11.3. The first-order valence-corrected chi connectivity index (χ1v) is 22.9. The maximum absolute atomic E-state index is 5.58. The molecular formula is C8H24Ge4O. The predicted molar refractivity (Wildman–Crippen MR) is 71.0 cm³/mol. The van der Waals surface area contributed by atoms with Crippen molar-refractivity contribution in [3.8, 4) is 0 Å². The van der Waals surface area contributed by atoms with Gasteiger partial charge in [0.2, 0.25) is 0 Å². The Balaban J connectivity index is -0.000000140. The van der Waals surface area contributed by atoms with Crippen molar-refractivity contribution in [1.82, 2.24) is 0 Å². The van der Waals surface area contributed by atoms with Crippen LogP contribution in [0.5, 0.6) is 0 Å². The van der Waals surface area contributed by atoms with E-state index in [1.165, 1.54) is 0 Å². The van der Waals surface area contributed by atoms with Crippen molar-refractivity contribution in [2.75, 3.05) is 0 Å². The molecule has 0 aromatic heterocycles. The van der Waals surface area contributed by atoms with Gasteiger partial charge in [0.1, 0.15) is 0 Å². The van der Waals surface area contributed by atoms with Crippen LogP contribution in [0, 0.1) is 0 Å². The van der Waals surface area contributed by atoms with E-state index >= 15 is 0 Å². The SMILES string of the molecule is [CH3][Ge]([CH3])[O][Ge]([CH3])[CH3].[CH3][Ge][CH3].[CH3][Ge][CH3]. The van der Waals surface area contributed by atoms with Gasteiger partial charge in [-0.05, 0) is 0 Å². The molecule has 1 nitrogen and oxygen atoms in total. The number of hydrogen-bond acceptors (Lipinski definition) is 1. The Kier molecular flexibility index (Phi) is 31.1. The van der Waals surface area contributed by atoms with E-state index in [0.29, 0.717) is 30.9 Å². The van der Waals surface area contributed by atoms with Crippen LogP contribution in [0.4, 0.5) is 0 Å². The molecule has 0 fully saturated rings. The fourth-order valence-electron chi connectivity index (χ4n) is 0.408. The van der Waals surface area contributed by atoms with Crippen LogP contribution in [-0.2, 0) is 2.79 Å². The Labute approximate surface area is 108 Å². The van der Waals surface area contributed by atoms with Gasteiger partial charge >= 0.3 is 109 Å². The van der Waals surface area contributed by atoms with Crippen molar-refractivity contribution in [2.45, 2.75) is 46.0 Å². The van der Waals surface area contributed by atoms with Crippen molar-refractivity contribution >= 4 is 60.2 Å². The Morgan fingerprint density at radius 2 is 0.846 bits per heavy atom. The van der Waals surface area contributed by atoms with Crippen LogP contribution in [0.15, 0.2) is 0 Å². The molecule has 0 unspecified atom stereocenters. The Morgan fingerprint density at radius 1 is 0.692 bits per heavy atom. The van der Waals surface area contributed by atoms with Gasteiger partial charge in [0.05, 0.1) is 0 Å². The first-order chi connectivity index (χ1) is 5.95. The second-order valence-corrected chi connectivity index (χ2v) is 17.4. The fourth-order valence-corrected chi connectivity index (χ4v) is 11.0. The summed E-state index contributed by atoms with van der Waals surface area (Å²) >= 11 is -0.750. The number of hydrogen-bond donors (Lipinski definition) is 0. The molecule has 0 bridgehead atoms. The van der Waals surface area contributed by atoms with Gasteiger partial charge in [-0.25, -0.2) is 0 Å². The molecule has 13 heavy (non-hydrogen) atoms. The van der Waals surface area contributed by atoms with Gasteiger partial charge in [-0.1, -0.05) is 0 Å². The van der Waals surface area contributed by atoms with Gasteiger partial charge < -0.3 is 0 Å². The molecule has 6 radical (unpaired) electrons. The van der Waals surface area contributed by atoms with Crippen LogP contribution in [0.2, 0.25) is 46.0 Å². The Morgan fingerprint density at radius 3 is 0.846 bits per heavy atom. The molecule has 0 rings (SSSR count). The van der Waals surface area contributed by atoms with Crippen molar-refractivity contribution in [1.29, 1.82) is 0 Å².